The standard InChI is InChI=1S/C41H51F2N7O5.C5H5N/c1-4-5-6-7-18-41(52)26-49(39(51)50(41)30(2)3)34-11-9-32(10-12-34)46-19-21-47(22-20-46)33-13-15-35(16-14-33)53-24-38-54-27-40(55-38,25-48-29-44-28-45-48)36-17-8-31(42)23-37(36)43;1-2-4-6-5-3-1/h8-17,23,28-30,38,52H,4-7,18-22,24-27H2,1-3H3;1-5H/t38-,40+,41?;/m0./s1. The zero-order valence-electron chi connectivity index (χ0n) is 35.2. The van der Waals surface area contributed by atoms with Crippen molar-refractivity contribution in [3.05, 3.63) is 127 Å². The van der Waals surface area contributed by atoms with E-state index in [0.717, 1.165) is 75.0 Å². The van der Waals surface area contributed by atoms with Crippen molar-refractivity contribution in [3.8, 4) is 5.75 Å². The number of piperazine rings is 1. The second-order valence-electron chi connectivity index (χ2n) is 16.0. The zero-order chi connectivity index (χ0) is 42.8. The maximum atomic E-state index is 15.0. The van der Waals surface area contributed by atoms with Gasteiger partial charge in [0, 0.05) is 73.3 Å². The van der Waals surface area contributed by atoms with Gasteiger partial charge < -0.3 is 29.1 Å². The van der Waals surface area contributed by atoms with E-state index in [1.807, 2.05) is 68.4 Å². The molecule has 0 bridgehead atoms. The number of amides is 2. The van der Waals surface area contributed by atoms with Crippen molar-refractivity contribution < 1.29 is 32.9 Å². The largest absolute Gasteiger partial charge is 0.488 e. The summed E-state index contributed by atoms with van der Waals surface area (Å²) in [5.74, 6) is -0.763. The number of aromatic nitrogens is 4. The molecule has 0 radical (unpaired) electrons. The van der Waals surface area contributed by atoms with E-state index in [4.69, 9.17) is 14.2 Å². The second kappa shape index (κ2) is 19.8. The Bertz CT molecular complexity index is 2100. The molecule has 3 fully saturated rings. The first kappa shape index (κ1) is 43.4. The van der Waals surface area contributed by atoms with Crippen LogP contribution in [0.4, 0.5) is 30.6 Å². The van der Waals surface area contributed by atoms with Gasteiger partial charge in [-0.2, -0.15) is 5.10 Å². The number of carbonyl (C=O) groups is 1. The Balaban J connectivity index is 0.000000861. The highest BCUT2D eigenvalue weighted by atomic mass is 19.1. The van der Waals surface area contributed by atoms with Crippen LogP contribution in [0.3, 0.4) is 0 Å². The lowest BCUT2D eigenvalue weighted by molar-refractivity contribution is -0.117. The lowest BCUT2D eigenvalue weighted by Gasteiger charge is -2.37. The summed E-state index contributed by atoms with van der Waals surface area (Å²) in [4.78, 5) is 29.3. The Morgan fingerprint density at radius 3 is 2.11 bits per heavy atom. The van der Waals surface area contributed by atoms with Crippen molar-refractivity contribution in [2.24, 2.45) is 0 Å². The summed E-state index contributed by atoms with van der Waals surface area (Å²) in [5, 5.41) is 15.7. The molecule has 8 rings (SSSR count). The quantitative estimate of drug-likeness (QED) is 0.106. The van der Waals surface area contributed by atoms with Crippen molar-refractivity contribution in [1.82, 2.24) is 24.6 Å². The molecule has 3 atom stereocenters. The van der Waals surface area contributed by atoms with E-state index >= 15 is 0 Å². The highest BCUT2D eigenvalue weighted by molar-refractivity contribution is 5.95. The fraction of sp³-hybridized carbons (Fsp3) is 0.435. The van der Waals surface area contributed by atoms with Crippen molar-refractivity contribution >= 4 is 23.1 Å². The van der Waals surface area contributed by atoms with Crippen LogP contribution in [0.2, 0.25) is 0 Å². The maximum absolute atomic E-state index is 15.0. The van der Waals surface area contributed by atoms with Crippen molar-refractivity contribution in [3.63, 3.8) is 0 Å². The van der Waals surface area contributed by atoms with Gasteiger partial charge in [0.2, 0.25) is 0 Å². The number of carbonyl (C=O) groups excluding carboxylic acids is 1. The number of β-amino-alcohol motifs (C(OH)–C–C–N with tert-alkyl or cyclic N) is 1. The van der Waals surface area contributed by atoms with E-state index in [1.165, 1.54) is 29.5 Å². The van der Waals surface area contributed by atoms with Crippen LogP contribution in [0.15, 0.2) is 110 Å². The third-order valence-corrected chi connectivity index (χ3v) is 11.4. The van der Waals surface area contributed by atoms with Crippen molar-refractivity contribution in [2.75, 3.05) is 60.6 Å². The van der Waals surface area contributed by atoms with Crippen LogP contribution in [-0.2, 0) is 21.6 Å². The number of rotatable bonds is 15. The number of nitrogens with zero attached hydrogens (tertiary/aromatic N) is 8. The van der Waals surface area contributed by atoms with E-state index < -0.39 is 29.3 Å². The van der Waals surface area contributed by atoms with Gasteiger partial charge in [-0.25, -0.2) is 23.2 Å². The molecule has 3 aliphatic heterocycles. The molecule has 324 valence electrons. The highest BCUT2D eigenvalue weighted by Gasteiger charge is 2.50. The van der Waals surface area contributed by atoms with Gasteiger partial charge in [-0.3, -0.25) is 14.8 Å². The first-order valence-electron chi connectivity index (χ1n) is 21.2. The molecule has 3 aliphatic rings. The molecule has 5 heterocycles. The molecule has 1 N–H and O–H groups in total. The molecule has 61 heavy (non-hydrogen) atoms. The first-order valence-corrected chi connectivity index (χ1v) is 21.2. The molecule has 1 unspecified atom stereocenters. The van der Waals surface area contributed by atoms with Crippen LogP contribution in [0.1, 0.15) is 58.4 Å². The van der Waals surface area contributed by atoms with E-state index in [2.05, 4.69) is 43.9 Å². The number of hydrogen-bond donors (Lipinski definition) is 1. The van der Waals surface area contributed by atoms with Crippen LogP contribution in [-0.4, -0.2) is 99.8 Å². The Hall–Kier alpha value is -5.64. The summed E-state index contributed by atoms with van der Waals surface area (Å²) >= 11 is 0. The minimum Gasteiger partial charge on any atom is -0.488 e. The average Bonchev–Trinajstić information content (AvgIpc) is 4.01. The van der Waals surface area contributed by atoms with Crippen LogP contribution in [0.25, 0.3) is 0 Å². The topological polar surface area (TPSA) is 122 Å². The second-order valence-corrected chi connectivity index (χ2v) is 16.0. The van der Waals surface area contributed by atoms with Crippen molar-refractivity contribution in [2.45, 2.75) is 83.1 Å². The monoisotopic (exact) mass is 838 g/mol. The summed E-state index contributed by atoms with van der Waals surface area (Å²) in [6.45, 7) is 9.91. The number of pyridine rings is 1. The van der Waals surface area contributed by atoms with Crippen LogP contribution in [0.5, 0.6) is 5.75 Å². The van der Waals surface area contributed by atoms with Crippen LogP contribution in [0, 0.1) is 11.6 Å². The normalized spacial score (nSPS) is 21.6. The van der Waals surface area contributed by atoms with E-state index in [9.17, 15) is 18.7 Å². The molecule has 5 aromatic rings. The summed E-state index contributed by atoms with van der Waals surface area (Å²) in [6, 6.07) is 24.8. The van der Waals surface area contributed by atoms with Gasteiger partial charge in [0.25, 0.3) is 0 Å². The predicted molar refractivity (Wildman–Crippen MR) is 229 cm³/mol. The third kappa shape index (κ3) is 10.5. The van der Waals surface area contributed by atoms with Gasteiger partial charge in [-0.1, -0.05) is 38.3 Å². The number of ether oxygens (including phenoxy) is 3. The van der Waals surface area contributed by atoms with Gasteiger partial charge in [-0.05, 0) is 93.4 Å². The molecule has 0 saturated carbocycles. The Morgan fingerprint density at radius 2 is 1.54 bits per heavy atom. The van der Waals surface area contributed by atoms with Crippen LogP contribution < -0.4 is 19.4 Å². The molecular formula is C46H56F2N8O5. The molecule has 0 aliphatic carbocycles. The highest BCUT2D eigenvalue weighted by Crippen LogP contribution is 2.38. The molecule has 13 nitrogen and oxygen atoms in total. The number of anilines is 3. The van der Waals surface area contributed by atoms with Crippen LogP contribution >= 0.6 is 0 Å². The molecule has 3 aromatic carbocycles. The van der Waals surface area contributed by atoms with Crippen molar-refractivity contribution in [1.29, 1.82) is 0 Å². The Kier molecular flexibility index (Phi) is 14.1. The van der Waals surface area contributed by atoms with Gasteiger partial charge in [0.15, 0.2) is 12.0 Å². The summed E-state index contributed by atoms with van der Waals surface area (Å²) in [7, 11) is 0. The lowest BCUT2D eigenvalue weighted by atomic mass is 9.94. The number of benzene rings is 3. The third-order valence-electron chi connectivity index (χ3n) is 11.4. The average molecular weight is 839 g/mol. The summed E-state index contributed by atoms with van der Waals surface area (Å²) in [5.41, 5.74) is 0.737. The SMILES string of the molecule is CCCCCCC1(O)CN(c2ccc(N3CCN(c4ccc(OC[C@H]5OC[C@](Cn6cncn6)(c6ccc(F)cc6F)O5)cc4)CC3)cc2)C(=O)N1C(C)C.c1ccncc1. The fourth-order valence-electron chi connectivity index (χ4n) is 8.31. The molecular weight excluding hydrogens is 783 g/mol. The molecule has 3 saturated heterocycles. The molecule has 2 aromatic heterocycles. The maximum Gasteiger partial charge on any atom is 0.327 e. The zero-order valence-corrected chi connectivity index (χ0v) is 35.2. The van der Waals surface area contributed by atoms with Gasteiger partial charge in [-0.15, -0.1) is 0 Å². The minimum absolute atomic E-state index is 0.0251. The minimum atomic E-state index is -1.24. The number of halogens is 2. The lowest BCUT2D eigenvalue weighted by Crippen LogP contribution is -2.50. The Labute approximate surface area is 356 Å². The molecule has 15 heteroatoms. The smallest absolute Gasteiger partial charge is 0.327 e. The van der Waals surface area contributed by atoms with Gasteiger partial charge in [0.05, 0.1) is 19.7 Å². The number of hydrogen-bond acceptors (Lipinski definition) is 10. The molecule has 2 amide bonds. The number of unbranched alkanes of at least 4 members (excludes halogenated alkanes) is 3. The van der Waals surface area contributed by atoms with E-state index in [1.54, 1.807) is 22.2 Å². The molecule has 0 spiro atoms. The van der Waals surface area contributed by atoms with E-state index in [-0.39, 0.29) is 43.9 Å². The first-order chi connectivity index (χ1) is 29.6. The van der Waals surface area contributed by atoms with Gasteiger partial charge >= 0.3 is 6.03 Å². The van der Waals surface area contributed by atoms with E-state index in [0.29, 0.717) is 12.2 Å². The fourth-order valence-corrected chi connectivity index (χ4v) is 8.31. The number of aliphatic hydroxyl groups is 1. The predicted octanol–water partition coefficient (Wildman–Crippen LogP) is 7.62. The summed E-state index contributed by atoms with van der Waals surface area (Å²) in [6.07, 6.45) is 10.4. The summed E-state index contributed by atoms with van der Waals surface area (Å²) < 4.78 is 48.4. The number of urea groups is 1. The Morgan fingerprint density at radius 1 is 0.869 bits per heavy atom. The van der Waals surface area contributed by atoms with Gasteiger partial charge in [0.1, 0.15) is 42.2 Å².